The van der Waals surface area contributed by atoms with Crippen LogP contribution in [0.1, 0.15) is 54.3 Å². The summed E-state index contributed by atoms with van der Waals surface area (Å²) in [6.45, 7) is -0.420. The van der Waals surface area contributed by atoms with Gasteiger partial charge in [-0.2, -0.15) is 0 Å². The van der Waals surface area contributed by atoms with Gasteiger partial charge in [-0.1, -0.05) is 0 Å². The Bertz CT molecular complexity index is 1190. The van der Waals surface area contributed by atoms with E-state index in [-0.39, 0.29) is 59.0 Å². The van der Waals surface area contributed by atoms with E-state index in [0.717, 1.165) is 9.80 Å². The molecule has 4 N–H and O–H groups in total. The number of nitrogens with zero attached hydrogens (tertiary/aromatic N) is 2. The molecular formula is C20H20N2O10P2. The summed E-state index contributed by atoms with van der Waals surface area (Å²) in [5.41, 5.74) is 0.340. The number of hydrogen-bond donors (Lipinski definition) is 4. The Hall–Kier alpha value is -2.72. The maximum Gasteiger partial charge on any atom is 0.325 e. The molecule has 4 rings (SSSR count). The average molecular weight is 510 g/mol. The van der Waals surface area contributed by atoms with Crippen molar-refractivity contribution in [1.29, 1.82) is 0 Å². The van der Waals surface area contributed by atoms with Crippen molar-refractivity contribution in [2.75, 3.05) is 25.4 Å². The summed E-state index contributed by atoms with van der Waals surface area (Å²) in [4.78, 5) is 90.0. The topological polar surface area (TPSA) is 190 Å². The summed E-state index contributed by atoms with van der Waals surface area (Å²) in [6.07, 6.45) is -1.19. The lowest BCUT2D eigenvalue weighted by atomic mass is 9.86. The van der Waals surface area contributed by atoms with Crippen LogP contribution >= 0.6 is 15.2 Å². The minimum absolute atomic E-state index is 0.0851. The van der Waals surface area contributed by atoms with Gasteiger partial charge in [0.05, 0.1) is 12.3 Å². The number of amides is 4. The lowest BCUT2D eigenvalue weighted by molar-refractivity contribution is 0.0589. The van der Waals surface area contributed by atoms with E-state index in [1.54, 1.807) is 0 Å². The largest absolute Gasteiger partial charge is 0.325 e. The molecule has 0 atom stereocenters. The number of imide groups is 2. The zero-order chi connectivity index (χ0) is 25.0. The fourth-order valence-corrected chi connectivity index (χ4v) is 5.36. The van der Waals surface area contributed by atoms with Crippen molar-refractivity contribution in [2.45, 2.75) is 12.8 Å². The molecule has 0 aromatic heterocycles. The van der Waals surface area contributed by atoms with Gasteiger partial charge in [0.1, 0.15) is 0 Å². The van der Waals surface area contributed by atoms with Crippen molar-refractivity contribution in [3.8, 4) is 0 Å². The van der Waals surface area contributed by atoms with Crippen molar-refractivity contribution in [1.82, 2.24) is 9.80 Å². The second-order valence-corrected chi connectivity index (χ2v) is 11.6. The summed E-state index contributed by atoms with van der Waals surface area (Å²) >= 11 is 0. The van der Waals surface area contributed by atoms with E-state index in [2.05, 4.69) is 0 Å². The lowest BCUT2D eigenvalue weighted by Crippen LogP contribution is -2.44. The molecule has 2 aromatic carbocycles. The Kier molecular flexibility index (Phi) is 6.10. The zero-order valence-electron chi connectivity index (χ0n) is 17.6. The molecule has 34 heavy (non-hydrogen) atoms. The van der Waals surface area contributed by atoms with Crippen molar-refractivity contribution < 1.29 is 47.9 Å². The summed E-state index contributed by atoms with van der Waals surface area (Å²) in [6, 6.07) is 5.43. The van der Waals surface area contributed by atoms with E-state index in [1.165, 1.54) is 24.3 Å². The van der Waals surface area contributed by atoms with Crippen LogP contribution in [-0.2, 0) is 9.13 Å². The molecule has 2 aromatic rings. The fourth-order valence-electron chi connectivity index (χ4n) is 4.25. The predicted molar refractivity (Wildman–Crippen MR) is 118 cm³/mol. The molecule has 0 spiro atoms. The number of benzene rings is 2. The van der Waals surface area contributed by atoms with Gasteiger partial charge in [0.25, 0.3) is 23.6 Å². The minimum atomic E-state index is -4.30. The third kappa shape index (κ3) is 4.36. The lowest BCUT2D eigenvalue weighted by Gasteiger charge is -2.32. The smallest absolute Gasteiger partial charge is 0.324 e. The Morgan fingerprint density at radius 1 is 0.559 bits per heavy atom. The fraction of sp³-hybridized carbons (Fsp3) is 0.300. The molecule has 2 heterocycles. The van der Waals surface area contributed by atoms with Crippen molar-refractivity contribution in [3.63, 3.8) is 0 Å². The van der Waals surface area contributed by atoms with E-state index in [4.69, 9.17) is 19.6 Å². The van der Waals surface area contributed by atoms with Crippen molar-refractivity contribution >= 4 is 49.6 Å². The van der Waals surface area contributed by atoms with Crippen LogP contribution < -0.4 is 0 Å². The normalized spacial score (nSPS) is 16.1. The Morgan fingerprint density at radius 2 is 0.824 bits per heavy atom. The molecular weight excluding hydrogens is 490 g/mol. The third-order valence-corrected chi connectivity index (χ3v) is 7.52. The first kappa shape index (κ1) is 24.4. The Labute approximate surface area is 192 Å². The van der Waals surface area contributed by atoms with Crippen LogP contribution in [0.4, 0.5) is 0 Å². The highest BCUT2D eigenvalue weighted by Crippen LogP contribution is 2.39. The monoisotopic (exact) mass is 510 g/mol. The molecule has 2 aliphatic rings. The van der Waals surface area contributed by atoms with Gasteiger partial charge in [0.15, 0.2) is 0 Å². The van der Waals surface area contributed by atoms with Crippen LogP contribution in [0.5, 0.6) is 0 Å². The minimum Gasteiger partial charge on any atom is -0.324 e. The van der Waals surface area contributed by atoms with E-state index < -0.39 is 51.1 Å². The van der Waals surface area contributed by atoms with E-state index in [1.807, 2.05) is 0 Å². The molecule has 14 heteroatoms. The number of carbonyl (C=O) groups excluding carboxylic acids is 4. The van der Waals surface area contributed by atoms with E-state index >= 15 is 0 Å². The van der Waals surface area contributed by atoms with Gasteiger partial charge in [-0.15, -0.1) is 0 Å². The first-order chi connectivity index (χ1) is 15.8. The molecule has 2 aliphatic heterocycles. The molecule has 0 bridgehead atoms. The number of rotatable bonds is 8. The molecule has 0 aliphatic carbocycles. The van der Waals surface area contributed by atoms with Gasteiger partial charge in [-0.3, -0.25) is 38.1 Å². The van der Waals surface area contributed by atoms with Crippen molar-refractivity contribution in [2.24, 2.45) is 0 Å². The van der Waals surface area contributed by atoms with Crippen LogP contribution in [0, 0.1) is 0 Å². The first-order valence-electron chi connectivity index (χ1n) is 10.2. The molecule has 180 valence electrons. The van der Waals surface area contributed by atoms with Gasteiger partial charge in [0, 0.05) is 46.1 Å². The number of carbonyl (C=O) groups is 4. The van der Waals surface area contributed by atoms with Gasteiger partial charge in [0.2, 0.25) is 0 Å². The standard InChI is InChI=1S/C20H20N2O10P2/c23-17-11-3-5-13-16-14(20(26)22(19(13)25)8-2-10-34(30,31)32)6-4-12(15(11)16)18(24)21(17)7-1-9-33(27,28)29/h3-6H,1-2,7-10H2,(H2,27,28,29)(H2,30,31,32). The van der Waals surface area contributed by atoms with Crippen LogP contribution in [0.3, 0.4) is 0 Å². The highest BCUT2D eigenvalue weighted by molar-refractivity contribution is 7.52. The summed E-state index contributed by atoms with van der Waals surface area (Å²) in [5.74, 6) is -2.79. The first-order valence-corrected chi connectivity index (χ1v) is 13.8. The summed E-state index contributed by atoms with van der Waals surface area (Å²) in [7, 11) is -8.61. The van der Waals surface area contributed by atoms with Gasteiger partial charge >= 0.3 is 15.2 Å². The van der Waals surface area contributed by atoms with Gasteiger partial charge in [-0.05, 0) is 37.1 Å². The van der Waals surface area contributed by atoms with Crippen molar-refractivity contribution in [3.05, 3.63) is 46.5 Å². The predicted octanol–water partition coefficient (Wildman–Crippen LogP) is 1.17. The maximum atomic E-state index is 13.0. The molecule has 0 fully saturated rings. The van der Waals surface area contributed by atoms with E-state index in [0.29, 0.717) is 0 Å². The second-order valence-electron chi connectivity index (χ2n) is 8.08. The van der Waals surface area contributed by atoms with Gasteiger partial charge in [-0.25, -0.2) is 0 Å². The molecule has 0 saturated carbocycles. The second kappa shape index (κ2) is 8.49. The maximum absolute atomic E-state index is 13.0. The average Bonchev–Trinajstić information content (AvgIpc) is 2.73. The highest BCUT2D eigenvalue weighted by atomic mass is 31.2. The van der Waals surface area contributed by atoms with Crippen LogP contribution in [0.2, 0.25) is 0 Å². The molecule has 0 radical (unpaired) electrons. The SMILES string of the molecule is O=C1c2ccc3c4c(ccc(c24)C(=O)N1CCCP(=O)(O)O)C(=O)N(CCCP(=O)(O)O)C3=O. The molecule has 0 unspecified atom stereocenters. The van der Waals surface area contributed by atoms with Crippen LogP contribution in [-0.4, -0.2) is 78.4 Å². The number of hydrogen-bond acceptors (Lipinski definition) is 6. The third-order valence-electron chi connectivity index (χ3n) is 5.73. The molecule has 4 amide bonds. The zero-order valence-corrected chi connectivity index (χ0v) is 19.4. The summed E-state index contributed by atoms with van der Waals surface area (Å²) in [5, 5.41) is 0.320. The molecule has 0 saturated heterocycles. The Morgan fingerprint density at radius 3 is 1.06 bits per heavy atom. The highest BCUT2D eigenvalue weighted by Gasteiger charge is 2.39. The van der Waals surface area contributed by atoms with Crippen LogP contribution in [0.25, 0.3) is 10.8 Å². The quantitative estimate of drug-likeness (QED) is 0.296. The van der Waals surface area contributed by atoms with E-state index in [9.17, 15) is 28.3 Å². The Balaban J connectivity index is 1.71. The van der Waals surface area contributed by atoms with Gasteiger partial charge < -0.3 is 19.6 Å². The van der Waals surface area contributed by atoms with Crippen LogP contribution in [0.15, 0.2) is 24.3 Å². The molecule has 12 nitrogen and oxygen atoms in total. The summed E-state index contributed by atoms with van der Waals surface area (Å²) < 4.78 is 22.2.